The first kappa shape index (κ1) is 17.0. The van der Waals surface area contributed by atoms with E-state index in [9.17, 15) is 9.18 Å². The minimum absolute atomic E-state index is 0.0953. The van der Waals surface area contributed by atoms with Crippen LogP contribution in [0.1, 0.15) is 29.6 Å². The van der Waals surface area contributed by atoms with Gasteiger partial charge in [-0.3, -0.25) is 9.78 Å². The number of hydrogen-bond donors (Lipinski definition) is 0. The van der Waals surface area contributed by atoms with Crippen molar-refractivity contribution in [2.75, 3.05) is 13.1 Å². The summed E-state index contributed by atoms with van der Waals surface area (Å²) in [6.45, 7) is 1.50. The van der Waals surface area contributed by atoms with Crippen LogP contribution >= 0.6 is 11.6 Å². The van der Waals surface area contributed by atoms with Crippen LogP contribution in [0.4, 0.5) is 4.39 Å². The first-order chi connectivity index (χ1) is 12.6. The fourth-order valence-corrected chi connectivity index (χ4v) is 3.66. The van der Waals surface area contributed by atoms with Crippen molar-refractivity contribution in [3.8, 4) is 11.1 Å². The minimum Gasteiger partial charge on any atom is -0.339 e. The summed E-state index contributed by atoms with van der Waals surface area (Å²) in [6.07, 6.45) is 4.81. The van der Waals surface area contributed by atoms with Crippen LogP contribution < -0.4 is 0 Å². The van der Waals surface area contributed by atoms with Crippen LogP contribution in [-0.2, 0) is 0 Å². The van der Waals surface area contributed by atoms with Gasteiger partial charge in [0.1, 0.15) is 5.82 Å². The van der Waals surface area contributed by atoms with Crippen LogP contribution in [0, 0.1) is 5.82 Å². The second-order valence-electron chi connectivity index (χ2n) is 6.57. The summed E-state index contributed by atoms with van der Waals surface area (Å²) in [4.78, 5) is 18.6. The van der Waals surface area contributed by atoms with Crippen LogP contribution in [0.3, 0.4) is 0 Å². The lowest BCUT2D eigenvalue weighted by Gasteiger charge is -2.26. The normalized spacial score (nSPS) is 14.6. The summed E-state index contributed by atoms with van der Waals surface area (Å²) in [7, 11) is 0. The Morgan fingerprint density at radius 1 is 1.04 bits per heavy atom. The monoisotopic (exact) mass is 368 g/mol. The van der Waals surface area contributed by atoms with Crippen molar-refractivity contribution in [3.05, 3.63) is 65.1 Å². The number of hydrogen-bond acceptors (Lipinski definition) is 2. The first-order valence-corrected chi connectivity index (χ1v) is 9.15. The SMILES string of the molecule is O=C(c1ccc(-c2ccc3c(Cl)ccnc3c2)c(F)c1)N1CCCCC1. The van der Waals surface area contributed by atoms with Crippen molar-refractivity contribution >= 4 is 28.4 Å². The molecule has 1 saturated heterocycles. The van der Waals surface area contributed by atoms with E-state index >= 15 is 0 Å². The Kier molecular flexibility index (Phi) is 4.60. The largest absolute Gasteiger partial charge is 0.339 e. The van der Waals surface area contributed by atoms with Gasteiger partial charge in [0, 0.05) is 35.8 Å². The predicted molar refractivity (Wildman–Crippen MR) is 102 cm³/mol. The Hall–Kier alpha value is -2.46. The third kappa shape index (κ3) is 3.17. The molecule has 1 aliphatic rings. The van der Waals surface area contributed by atoms with Crippen molar-refractivity contribution in [1.82, 2.24) is 9.88 Å². The average Bonchev–Trinajstić information content (AvgIpc) is 2.68. The van der Waals surface area contributed by atoms with E-state index in [2.05, 4.69) is 4.98 Å². The lowest BCUT2D eigenvalue weighted by atomic mass is 10.0. The number of nitrogens with zero attached hydrogens (tertiary/aromatic N) is 2. The van der Waals surface area contributed by atoms with Gasteiger partial charge in [0.15, 0.2) is 0 Å². The molecule has 1 aliphatic heterocycles. The van der Waals surface area contributed by atoms with E-state index in [-0.39, 0.29) is 5.91 Å². The fraction of sp³-hybridized carbons (Fsp3) is 0.238. The van der Waals surface area contributed by atoms with E-state index in [0.717, 1.165) is 37.7 Å². The van der Waals surface area contributed by atoms with Gasteiger partial charge in [-0.15, -0.1) is 0 Å². The molecule has 2 heterocycles. The molecule has 3 nitrogen and oxygen atoms in total. The Morgan fingerprint density at radius 3 is 2.62 bits per heavy atom. The molecule has 0 N–H and O–H groups in total. The van der Waals surface area contributed by atoms with E-state index in [1.165, 1.54) is 6.07 Å². The zero-order chi connectivity index (χ0) is 18.1. The number of carbonyl (C=O) groups excluding carboxylic acids is 1. The fourth-order valence-electron chi connectivity index (χ4n) is 3.44. The highest BCUT2D eigenvalue weighted by Crippen LogP contribution is 2.29. The number of fused-ring (bicyclic) bond motifs is 1. The number of halogens is 2. The van der Waals surface area contributed by atoms with Crippen molar-refractivity contribution in [1.29, 1.82) is 0 Å². The molecule has 1 amide bonds. The molecule has 3 aromatic rings. The Balaban J connectivity index is 1.66. The molecular formula is C21H18ClFN2O. The van der Waals surface area contributed by atoms with Crippen LogP contribution in [0.5, 0.6) is 0 Å². The summed E-state index contributed by atoms with van der Waals surface area (Å²) in [5.41, 5.74) is 2.27. The third-order valence-electron chi connectivity index (χ3n) is 4.86. The number of piperidine rings is 1. The molecule has 5 heteroatoms. The first-order valence-electron chi connectivity index (χ1n) is 8.77. The highest BCUT2D eigenvalue weighted by Gasteiger charge is 2.19. The van der Waals surface area contributed by atoms with Crippen LogP contribution in [0.15, 0.2) is 48.7 Å². The third-order valence-corrected chi connectivity index (χ3v) is 5.19. The number of rotatable bonds is 2. The second kappa shape index (κ2) is 7.04. The molecule has 1 fully saturated rings. The maximum absolute atomic E-state index is 14.7. The lowest BCUT2D eigenvalue weighted by molar-refractivity contribution is 0.0724. The van der Waals surface area contributed by atoms with E-state index < -0.39 is 5.82 Å². The standard InChI is InChI=1S/C21H18ClFN2O/c22-18-8-9-24-20-13-14(4-7-17(18)20)16-6-5-15(12-19(16)23)21(26)25-10-2-1-3-11-25/h4-9,12-13H,1-3,10-11H2. The molecule has 4 rings (SSSR count). The van der Waals surface area contributed by atoms with E-state index in [1.54, 1.807) is 29.3 Å². The topological polar surface area (TPSA) is 33.2 Å². The average molecular weight is 369 g/mol. The molecule has 0 bridgehead atoms. The quantitative estimate of drug-likeness (QED) is 0.613. The van der Waals surface area contributed by atoms with Crippen molar-refractivity contribution in [2.24, 2.45) is 0 Å². The molecule has 0 atom stereocenters. The molecule has 0 saturated carbocycles. The van der Waals surface area contributed by atoms with Gasteiger partial charge in [-0.2, -0.15) is 0 Å². The molecule has 0 spiro atoms. The Bertz CT molecular complexity index is 983. The lowest BCUT2D eigenvalue weighted by Crippen LogP contribution is -2.35. The van der Waals surface area contributed by atoms with Crippen LogP contribution in [-0.4, -0.2) is 28.9 Å². The van der Waals surface area contributed by atoms with E-state index in [0.29, 0.717) is 27.2 Å². The molecule has 2 aromatic carbocycles. The summed E-state index contributed by atoms with van der Waals surface area (Å²) in [5.74, 6) is -0.503. The van der Waals surface area contributed by atoms with Crippen molar-refractivity contribution in [2.45, 2.75) is 19.3 Å². The number of carbonyl (C=O) groups is 1. The van der Waals surface area contributed by atoms with Gasteiger partial charge in [0.05, 0.1) is 10.5 Å². The molecule has 132 valence electrons. The second-order valence-corrected chi connectivity index (χ2v) is 6.98. The smallest absolute Gasteiger partial charge is 0.253 e. The highest BCUT2D eigenvalue weighted by atomic mass is 35.5. The van der Waals surface area contributed by atoms with Gasteiger partial charge in [-0.1, -0.05) is 29.8 Å². The zero-order valence-electron chi connectivity index (χ0n) is 14.2. The van der Waals surface area contributed by atoms with Crippen LogP contribution in [0.25, 0.3) is 22.0 Å². The van der Waals surface area contributed by atoms with Crippen molar-refractivity contribution in [3.63, 3.8) is 0 Å². The number of likely N-dealkylation sites (tertiary alicyclic amines) is 1. The minimum atomic E-state index is -0.408. The summed E-state index contributed by atoms with van der Waals surface area (Å²) < 4.78 is 14.7. The summed E-state index contributed by atoms with van der Waals surface area (Å²) >= 11 is 6.16. The summed E-state index contributed by atoms with van der Waals surface area (Å²) in [6, 6.07) is 11.9. The van der Waals surface area contributed by atoms with Gasteiger partial charge in [-0.05, 0) is 49.1 Å². The Labute approximate surface area is 156 Å². The molecule has 0 aliphatic carbocycles. The number of benzene rings is 2. The zero-order valence-corrected chi connectivity index (χ0v) is 15.0. The van der Waals surface area contributed by atoms with E-state index in [4.69, 9.17) is 11.6 Å². The molecule has 1 aromatic heterocycles. The molecule has 0 unspecified atom stereocenters. The van der Waals surface area contributed by atoms with Gasteiger partial charge in [0.2, 0.25) is 0 Å². The van der Waals surface area contributed by atoms with E-state index in [1.807, 2.05) is 18.2 Å². The molecule has 0 radical (unpaired) electrons. The Morgan fingerprint density at radius 2 is 1.85 bits per heavy atom. The molecule has 26 heavy (non-hydrogen) atoms. The van der Waals surface area contributed by atoms with Crippen LogP contribution in [0.2, 0.25) is 5.02 Å². The maximum atomic E-state index is 14.7. The molecular weight excluding hydrogens is 351 g/mol. The highest BCUT2D eigenvalue weighted by molar-refractivity contribution is 6.35. The van der Waals surface area contributed by atoms with Crippen molar-refractivity contribution < 1.29 is 9.18 Å². The number of aromatic nitrogens is 1. The van der Waals surface area contributed by atoms with Gasteiger partial charge in [-0.25, -0.2) is 4.39 Å². The predicted octanol–water partition coefficient (Wildman–Crippen LogP) is 5.32. The number of pyridine rings is 1. The van der Waals surface area contributed by atoms with Gasteiger partial charge >= 0.3 is 0 Å². The van der Waals surface area contributed by atoms with Gasteiger partial charge < -0.3 is 4.90 Å². The van der Waals surface area contributed by atoms with Gasteiger partial charge in [0.25, 0.3) is 5.91 Å². The summed E-state index contributed by atoms with van der Waals surface area (Å²) in [5, 5.41) is 1.44. The maximum Gasteiger partial charge on any atom is 0.253 e. The number of amides is 1.